The molecule has 2 atom stereocenters. The molecule has 1 aromatic carbocycles. The van der Waals surface area contributed by atoms with E-state index >= 15 is 0 Å². The summed E-state index contributed by atoms with van der Waals surface area (Å²) in [5.41, 5.74) is 1.25. The summed E-state index contributed by atoms with van der Waals surface area (Å²) < 4.78 is 0. The van der Waals surface area contributed by atoms with Gasteiger partial charge >= 0.3 is 0 Å². The quantitative estimate of drug-likeness (QED) is 0.857. The van der Waals surface area contributed by atoms with Gasteiger partial charge in [0.15, 0.2) is 0 Å². The fourth-order valence-corrected chi connectivity index (χ4v) is 4.95. The minimum atomic E-state index is -0.378. The number of amides is 2. The highest BCUT2D eigenvalue weighted by Crippen LogP contribution is 2.50. The molecular formula is C22H32N2O2. The van der Waals surface area contributed by atoms with Crippen molar-refractivity contribution in [2.24, 2.45) is 0 Å². The number of rotatable bonds is 5. The first-order valence-corrected chi connectivity index (χ1v) is 10.3. The van der Waals surface area contributed by atoms with Gasteiger partial charge in [0, 0.05) is 18.2 Å². The van der Waals surface area contributed by atoms with E-state index in [1.807, 2.05) is 24.3 Å². The molecule has 26 heavy (non-hydrogen) atoms. The predicted octanol–water partition coefficient (Wildman–Crippen LogP) is 4.25. The van der Waals surface area contributed by atoms with Crippen molar-refractivity contribution in [3.63, 3.8) is 0 Å². The van der Waals surface area contributed by atoms with Gasteiger partial charge in [-0.2, -0.15) is 0 Å². The molecule has 1 N–H and O–H groups in total. The molecule has 0 bridgehead atoms. The van der Waals surface area contributed by atoms with Gasteiger partial charge in [-0.15, -0.1) is 0 Å². The fourth-order valence-electron chi connectivity index (χ4n) is 4.95. The van der Waals surface area contributed by atoms with Gasteiger partial charge in [-0.25, -0.2) is 0 Å². The summed E-state index contributed by atoms with van der Waals surface area (Å²) in [7, 11) is 0. The summed E-state index contributed by atoms with van der Waals surface area (Å²) in [6, 6.07) is 7.89. The second kappa shape index (κ2) is 7.81. The molecular weight excluding hydrogens is 324 g/mol. The van der Waals surface area contributed by atoms with E-state index in [0.29, 0.717) is 12.1 Å². The number of hydrogen-bond acceptors (Lipinski definition) is 2. The van der Waals surface area contributed by atoms with E-state index in [1.165, 1.54) is 6.42 Å². The van der Waals surface area contributed by atoms with Crippen LogP contribution < -0.4 is 5.32 Å². The second-order valence-corrected chi connectivity index (χ2v) is 7.91. The van der Waals surface area contributed by atoms with Crippen LogP contribution in [-0.2, 0) is 4.79 Å². The molecule has 1 heterocycles. The van der Waals surface area contributed by atoms with Crippen molar-refractivity contribution in [3.8, 4) is 0 Å². The maximum absolute atomic E-state index is 13.5. The first kappa shape index (κ1) is 18.9. The third kappa shape index (κ3) is 3.04. The van der Waals surface area contributed by atoms with Gasteiger partial charge in [-0.05, 0) is 44.2 Å². The van der Waals surface area contributed by atoms with E-state index in [9.17, 15) is 9.59 Å². The third-order valence-corrected chi connectivity index (χ3v) is 6.30. The van der Waals surface area contributed by atoms with E-state index < -0.39 is 0 Å². The van der Waals surface area contributed by atoms with Gasteiger partial charge in [0.2, 0.25) is 5.91 Å². The van der Waals surface area contributed by atoms with Gasteiger partial charge < -0.3 is 10.2 Å². The Balaban J connectivity index is 2.16. The van der Waals surface area contributed by atoms with Crippen molar-refractivity contribution in [2.75, 3.05) is 6.54 Å². The van der Waals surface area contributed by atoms with Crippen LogP contribution in [0.15, 0.2) is 24.3 Å². The molecule has 4 heteroatoms. The van der Waals surface area contributed by atoms with E-state index in [2.05, 4.69) is 31.0 Å². The molecule has 2 aliphatic rings. The Labute approximate surface area is 157 Å². The van der Waals surface area contributed by atoms with Gasteiger partial charge in [0.25, 0.3) is 5.91 Å². The number of hydrogen-bond donors (Lipinski definition) is 1. The number of carbonyl (C=O) groups excluding carboxylic acids is 2. The highest BCUT2D eigenvalue weighted by Gasteiger charge is 2.55. The van der Waals surface area contributed by atoms with Crippen LogP contribution >= 0.6 is 0 Å². The van der Waals surface area contributed by atoms with Crippen molar-refractivity contribution in [2.45, 2.75) is 83.2 Å². The zero-order valence-electron chi connectivity index (χ0n) is 16.4. The molecule has 1 aromatic rings. The number of nitrogens with zero attached hydrogens (tertiary/aromatic N) is 1. The maximum atomic E-state index is 13.5. The van der Waals surface area contributed by atoms with Crippen LogP contribution in [0, 0.1) is 0 Å². The zero-order valence-corrected chi connectivity index (χ0v) is 16.4. The lowest BCUT2D eigenvalue weighted by molar-refractivity contribution is -0.128. The van der Waals surface area contributed by atoms with Crippen molar-refractivity contribution < 1.29 is 9.59 Å². The lowest BCUT2D eigenvalue weighted by Gasteiger charge is -2.55. The predicted molar refractivity (Wildman–Crippen MR) is 104 cm³/mol. The summed E-state index contributed by atoms with van der Waals surface area (Å²) in [5, 5.41) is 3.13. The average Bonchev–Trinajstić information content (AvgIpc) is 2.67. The highest BCUT2D eigenvalue weighted by atomic mass is 16.2. The zero-order chi connectivity index (χ0) is 18.7. The number of nitrogens with one attached hydrogen (secondary N) is 1. The minimum absolute atomic E-state index is 0.0852. The summed E-state index contributed by atoms with van der Waals surface area (Å²) in [4.78, 5) is 28.9. The van der Waals surface area contributed by atoms with Crippen LogP contribution in [0.25, 0.3) is 0 Å². The molecule has 142 valence electrons. The standard InChI is InChI=1S/C22H32N2O2/c1-4-15-23-20(25)19-17-11-7-8-12-18(17)21(26)24(16(3)5-2)22(19)13-9-6-10-14-22/h7-8,11-12,16,19H,4-6,9-10,13-15H2,1-3H3,(H,23,25)/t16-,19-/m0/s1. The highest BCUT2D eigenvalue weighted by molar-refractivity contribution is 6.02. The lowest BCUT2D eigenvalue weighted by atomic mass is 9.64. The Morgan fingerprint density at radius 2 is 1.92 bits per heavy atom. The maximum Gasteiger partial charge on any atom is 0.254 e. The smallest absolute Gasteiger partial charge is 0.254 e. The van der Waals surface area contributed by atoms with E-state index in [1.54, 1.807) is 0 Å². The molecule has 4 nitrogen and oxygen atoms in total. The van der Waals surface area contributed by atoms with Crippen LogP contribution in [0.2, 0.25) is 0 Å². The summed E-state index contributed by atoms with van der Waals surface area (Å²) in [6.07, 6.45) is 7.01. The van der Waals surface area contributed by atoms with E-state index in [0.717, 1.165) is 44.1 Å². The Morgan fingerprint density at radius 1 is 1.23 bits per heavy atom. The number of carbonyl (C=O) groups is 2. The Kier molecular flexibility index (Phi) is 5.69. The Bertz CT molecular complexity index is 664. The summed E-state index contributed by atoms with van der Waals surface area (Å²) in [5.74, 6) is -0.0735. The number of fused-ring (bicyclic) bond motifs is 1. The van der Waals surface area contributed by atoms with Crippen molar-refractivity contribution in [1.82, 2.24) is 10.2 Å². The average molecular weight is 357 g/mol. The van der Waals surface area contributed by atoms with Gasteiger partial charge in [-0.1, -0.05) is 51.3 Å². The van der Waals surface area contributed by atoms with Crippen LogP contribution in [0.4, 0.5) is 0 Å². The molecule has 0 radical (unpaired) electrons. The van der Waals surface area contributed by atoms with Gasteiger partial charge in [0.1, 0.15) is 0 Å². The SMILES string of the molecule is CCCNC(=O)[C@@H]1c2ccccc2C(=O)N([C@@H](C)CC)C12CCCCC2. The van der Waals surface area contributed by atoms with Crippen LogP contribution in [-0.4, -0.2) is 34.8 Å². The van der Waals surface area contributed by atoms with Crippen molar-refractivity contribution in [1.29, 1.82) is 0 Å². The molecule has 1 saturated carbocycles. The monoisotopic (exact) mass is 356 g/mol. The normalized spacial score (nSPS) is 22.8. The topological polar surface area (TPSA) is 49.4 Å². The molecule has 2 amide bonds. The Hall–Kier alpha value is -1.84. The second-order valence-electron chi connectivity index (χ2n) is 7.91. The van der Waals surface area contributed by atoms with Crippen LogP contribution in [0.1, 0.15) is 87.6 Å². The molecule has 3 rings (SSSR count). The molecule has 1 aliphatic carbocycles. The van der Waals surface area contributed by atoms with E-state index in [-0.39, 0.29) is 29.3 Å². The van der Waals surface area contributed by atoms with E-state index in [4.69, 9.17) is 0 Å². The first-order valence-electron chi connectivity index (χ1n) is 10.3. The Morgan fingerprint density at radius 3 is 2.58 bits per heavy atom. The van der Waals surface area contributed by atoms with Gasteiger partial charge in [0.05, 0.1) is 11.5 Å². The minimum Gasteiger partial charge on any atom is -0.356 e. The molecule has 1 spiro atoms. The summed E-state index contributed by atoms with van der Waals surface area (Å²) in [6.45, 7) is 7.01. The van der Waals surface area contributed by atoms with Crippen molar-refractivity contribution in [3.05, 3.63) is 35.4 Å². The largest absolute Gasteiger partial charge is 0.356 e. The molecule has 1 aliphatic heterocycles. The van der Waals surface area contributed by atoms with Gasteiger partial charge in [-0.3, -0.25) is 9.59 Å². The molecule has 1 fully saturated rings. The molecule has 0 aromatic heterocycles. The number of benzene rings is 1. The molecule has 0 unspecified atom stereocenters. The van der Waals surface area contributed by atoms with Crippen LogP contribution in [0.5, 0.6) is 0 Å². The molecule has 0 saturated heterocycles. The summed E-state index contributed by atoms with van der Waals surface area (Å²) >= 11 is 0. The van der Waals surface area contributed by atoms with Crippen LogP contribution in [0.3, 0.4) is 0 Å². The lowest BCUT2D eigenvalue weighted by Crippen LogP contribution is -2.64. The van der Waals surface area contributed by atoms with Crippen molar-refractivity contribution >= 4 is 11.8 Å². The third-order valence-electron chi connectivity index (χ3n) is 6.30. The fraction of sp³-hybridized carbons (Fsp3) is 0.636. The first-order chi connectivity index (χ1) is 12.6.